The van der Waals surface area contributed by atoms with Gasteiger partial charge >= 0.3 is 5.97 Å². The van der Waals surface area contributed by atoms with Crippen molar-refractivity contribution < 1.29 is 14.7 Å². The van der Waals surface area contributed by atoms with Gasteiger partial charge in [-0.3, -0.25) is 9.59 Å². The predicted molar refractivity (Wildman–Crippen MR) is 74.9 cm³/mol. The molecule has 4 nitrogen and oxygen atoms in total. The number of nitrogens with one attached hydrogen (secondary N) is 1. The maximum atomic E-state index is 12.5. The number of hydrogen-bond acceptors (Lipinski definition) is 2. The fourth-order valence-electron chi connectivity index (χ4n) is 4.41. The highest BCUT2D eigenvalue weighted by Crippen LogP contribution is 2.48. The zero-order valence-corrected chi connectivity index (χ0v) is 11.9. The Bertz CT molecular complexity index is 439. The first kappa shape index (κ1) is 13.7. The highest BCUT2D eigenvalue weighted by molar-refractivity contribution is 5.87. The third-order valence-electron chi connectivity index (χ3n) is 5.52. The Morgan fingerprint density at radius 3 is 2.35 bits per heavy atom. The molecule has 2 bridgehead atoms. The van der Waals surface area contributed by atoms with Crippen molar-refractivity contribution in [1.29, 1.82) is 0 Å². The molecule has 0 heterocycles. The molecular formula is C16H23NO3. The fourth-order valence-corrected chi connectivity index (χ4v) is 4.41. The molecule has 20 heavy (non-hydrogen) atoms. The number of aliphatic carboxylic acids is 1. The first-order chi connectivity index (χ1) is 9.58. The van der Waals surface area contributed by atoms with Gasteiger partial charge in [0.25, 0.3) is 0 Å². The van der Waals surface area contributed by atoms with Crippen molar-refractivity contribution in [3.63, 3.8) is 0 Å². The fraction of sp³-hybridized carbons (Fsp3) is 0.750. The van der Waals surface area contributed by atoms with Crippen LogP contribution in [-0.4, -0.2) is 23.0 Å². The molecule has 110 valence electrons. The number of carboxylic acids is 1. The maximum Gasteiger partial charge on any atom is 0.307 e. The minimum absolute atomic E-state index is 0.0475. The van der Waals surface area contributed by atoms with E-state index >= 15 is 0 Å². The van der Waals surface area contributed by atoms with Crippen LogP contribution in [0.4, 0.5) is 0 Å². The molecule has 0 aromatic carbocycles. The van der Waals surface area contributed by atoms with E-state index in [2.05, 4.69) is 12.2 Å². The Hall–Kier alpha value is -1.32. The van der Waals surface area contributed by atoms with Gasteiger partial charge in [-0.2, -0.15) is 0 Å². The lowest BCUT2D eigenvalue weighted by Gasteiger charge is -2.27. The first-order valence-electron chi connectivity index (χ1n) is 7.79. The number of carbonyl (C=O) groups is 2. The van der Waals surface area contributed by atoms with Crippen LogP contribution in [-0.2, 0) is 9.59 Å². The number of hydrogen-bond donors (Lipinski definition) is 2. The number of fused-ring (bicyclic) bond motifs is 2. The van der Waals surface area contributed by atoms with Crippen LogP contribution in [0.5, 0.6) is 0 Å². The van der Waals surface area contributed by atoms with Crippen LogP contribution in [0.3, 0.4) is 0 Å². The first-order valence-corrected chi connectivity index (χ1v) is 7.79. The normalized spacial score (nSPS) is 37.2. The molecule has 0 radical (unpaired) electrons. The summed E-state index contributed by atoms with van der Waals surface area (Å²) < 4.78 is 0. The zero-order chi connectivity index (χ0) is 14.3. The second-order valence-electron chi connectivity index (χ2n) is 6.68. The van der Waals surface area contributed by atoms with Crippen molar-refractivity contribution in [3.8, 4) is 0 Å². The summed E-state index contributed by atoms with van der Waals surface area (Å²) in [7, 11) is 0. The lowest BCUT2D eigenvalue weighted by atomic mass is 9.82. The molecule has 0 saturated heterocycles. The van der Waals surface area contributed by atoms with E-state index in [4.69, 9.17) is 0 Å². The van der Waals surface area contributed by atoms with Gasteiger partial charge < -0.3 is 10.4 Å². The molecule has 0 aliphatic heterocycles. The lowest BCUT2D eigenvalue weighted by molar-refractivity contribution is -0.148. The van der Waals surface area contributed by atoms with E-state index in [1.165, 1.54) is 25.7 Å². The Labute approximate surface area is 119 Å². The summed E-state index contributed by atoms with van der Waals surface area (Å²) in [4.78, 5) is 23.9. The van der Waals surface area contributed by atoms with Crippen molar-refractivity contribution in [3.05, 3.63) is 12.2 Å². The molecule has 2 fully saturated rings. The second-order valence-corrected chi connectivity index (χ2v) is 6.68. The topological polar surface area (TPSA) is 66.4 Å². The van der Waals surface area contributed by atoms with E-state index in [0.717, 1.165) is 6.42 Å². The molecule has 3 aliphatic carbocycles. The van der Waals surface area contributed by atoms with E-state index in [-0.39, 0.29) is 29.7 Å². The Kier molecular flexibility index (Phi) is 3.57. The van der Waals surface area contributed by atoms with Crippen LogP contribution in [0.15, 0.2) is 12.2 Å². The third kappa shape index (κ3) is 2.25. The van der Waals surface area contributed by atoms with E-state index < -0.39 is 11.9 Å². The van der Waals surface area contributed by atoms with Crippen LogP contribution < -0.4 is 5.32 Å². The van der Waals surface area contributed by atoms with Crippen LogP contribution in [0.2, 0.25) is 0 Å². The van der Waals surface area contributed by atoms with Crippen LogP contribution in [0.1, 0.15) is 39.0 Å². The summed E-state index contributed by atoms with van der Waals surface area (Å²) in [5.74, 6) is -1.03. The Balaban J connectivity index is 1.67. The van der Waals surface area contributed by atoms with Crippen molar-refractivity contribution in [2.24, 2.45) is 29.6 Å². The Morgan fingerprint density at radius 2 is 1.75 bits per heavy atom. The molecular weight excluding hydrogens is 254 g/mol. The number of rotatable bonds is 4. The van der Waals surface area contributed by atoms with Gasteiger partial charge in [0.1, 0.15) is 0 Å². The maximum absolute atomic E-state index is 12.5. The predicted octanol–water partition coefficient (Wildman–Crippen LogP) is 2.20. The van der Waals surface area contributed by atoms with Gasteiger partial charge in [-0.15, -0.1) is 0 Å². The number of carboxylic acid groups (broad SMARTS) is 1. The van der Waals surface area contributed by atoms with Crippen LogP contribution >= 0.6 is 0 Å². The monoisotopic (exact) mass is 277 g/mol. The average Bonchev–Trinajstić information content (AvgIpc) is 3.13. The van der Waals surface area contributed by atoms with Crippen molar-refractivity contribution >= 4 is 11.9 Å². The van der Waals surface area contributed by atoms with Crippen LogP contribution in [0.25, 0.3) is 0 Å². The van der Waals surface area contributed by atoms with Crippen molar-refractivity contribution in [1.82, 2.24) is 5.32 Å². The van der Waals surface area contributed by atoms with Crippen molar-refractivity contribution in [2.75, 3.05) is 0 Å². The number of amides is 1. The van der Waals surface area contributed by atoms with E-state index in [0.29, 0.717) is 5.92 Å². The van der Waals surface area contributed by atoms with Crippen molar-refractivity contribution in [2.45, 2.75) is 45.1 Å². The average molecular weight is 277 g/mol. The highest BCUT2D eigenvalue weighted by atomic mass is 16.4. The quantitative estimate of drug-likeness (QED) is 0.774. The Morgan fingerprint density at radius 1 is 1.15 bits per heavy atom. The molecule has 1 amide bonds. The SMILES string of the molecule is CC(NC(=O)[C@H]1C2C=CC(C2)[C@H]1C(=O)O)C1CCCC1. The smallest absolute Gasteiger partial charge is 0.307 e. The highest BCUT2D eigenvalue weighted by Gasteiger charge is 2.51. The van der Waals surface area contributed by atoms with Gasteiger partial charge in [0, 0.05) is 6.04 Å². The molecule has 4 heteroatoms. The standard InChI is InChI=1S/C16H23NO3/c1-9(10-4-2-3-5-10)17-15(18)13-11-6-7-12(8-11)14(13)16(19)20/h6-7,9-14H,2-5,8H2,1H3,(H,17,18)(H,19,20)/t9?,11?,12?,13-,14+/m0/s1. The van der Waals surface area contributed by atoms with Gasteiger partial charge in [0.2, 0.25) is 5.91 Å². The molecule has 5 atom stereocenters. The third-order valence-corrected chi connectivity index (χ3v) is 5.52. The van der Waals surface area contributed by atoms with Gasteiger partial charge in [-0.25, -0.2) is 0 Å². The summed E-state index contributed by atoms with van der Waals surface area (Å²) in [6.07, 6.45) is 9.70. The second kappa shape index (κ2) is 5.23. The minimum atomic E-state index is -0.824. The van der Waals surface area contributed by atoms with Gasteiger partial charge in [-0.1, -0.05) is 25.0 Å². The molecule has 2 saturated carbocycles. The minimum Gasteiger partial charge on any atom is -0.481 e. The van der Waals surface area contributed by atoms with E-state index in [1.54, 1.807) is 0 Å². The van der Waals surface area contributed by atoms with Gasteiger partial charge in [0.15, 0.2) is 0 Å². The molecule has 0 aromatic rings. The van der Waals surface area contributed by atoms with E-state index in [1.807, 2.05) is 12.2 Å². The molecule has 0 aromatic heterocycles. The van der Waals surface area contributed by atoms with Gasteiger partial charge in [-0.05, 0) is 43.9 Å². The zero-order valence-electron chi connectivity index (χ0n) is 11.9. The molecule has 2 N–H and O–H groups in total. The van der Waals surface area contributed by atoms with E-state index in [9.17, 15) is 14.7 Å². The molecule has 3 unspecified atom stereocenters. The summed E-state index contributed by atoms with van der Waals surface area (Å²) in [6.45, 7) is 2.06. The van der Waals surface area contributed by atoms with Gasteiger partial charge in [0.05, 0.1) is 11.8 Å². The van der Waals surface area contributed by atoms with Crippen LogP contribution in [0, 0.1) is 29.6 Å². The lowest BCUT2D eigenvalue weighted by Crippen LogP contribution is -2.45. The summed E-state index contributed by atoms with van der Waals surface area (Å²) in [6, 6.07) is 0.169. The number of allylic oxidation sites excluding steroid dienone is 2. The molecule has 0 spiro atoms. The summed E-state index contributed by atoms with van der Waals surface area (Å²) in [5, 5.41) is 12.5. The largest absolute Gasteiger partial charge is 0.481 e. The summed E-state index contributed by atoms with van der Waals surface area (Å²) >= 11 is 0. The molecule has 3 aliphatic rings. The molecule has 3 rings (SSSR count). The number of carbonyl (C=O) groups excluding carboxylic acids is 1. The summed E-state index contributed by atoms with van der Waals surface area (Å²) in [5.41, 5.74) is 0.